The summed E-state index contributed by atoms with van der Waals surface area (Å²) in [5, 5.41) is 4.69. The van der Waals surface area contributed by atoms with Crippen molar-refractivity contribution in [3.8, 4) is 11.4 Å². The predicted molar refractivity (Wildman–Crippen MR) is 88.5 cm³/mol. The molecule has 24 heavy (non-hydrogen) atoms. The fourth-order valence-corrected chi connectivity index (χ4v) is 2.71. The van der Waals surface area contributed by atoms with Gasteiger partial charge in [0, 0.05) is 36.8 Å². The van der Waals surface area contributed by atoms with E-state index < -0.39 is 0 Å². The van der Waals surface area contributed by atoms with Gasteiger partial charge in [0.15, 0.2) is 0 Å². The lowest BCUT2D eigenvalue weighted by Gasteiger charge is -2.33. The van der Waals surface area contributed by atoms with Crippen LogP contribution in [-0.4, -0.2) is 65.7 Å². The third-order valence-electron chi connectivity index (χ3n) is 3.97. The van der Waals surface area contributed by atoms with Crippen molar-refractivity contribution in [3.05, 3.63) is 35.2 Å². The van der Waals surface area contributed by atoms with Crippen LogP contribution in [0, 0.1) is 0 Å². The van der Waals surface area contributed by atoms with E-state index in [1.165, 1.54) is 7.11 Å². The van der Waals surface area contributed by atoms with Gasteiger partial charge in [-0.15, -0.1) is 0 Å². The van der Waals surface area contributed by atoms with E-state index in [1.807, 2.05) is 12.1 Å². The van der Waals surface area contributed by atoms with Crippen molar-refractivity contribution in [2.24, 2.45) is 0 Å². The number of rotatable bonds is 5. The minimum Gasteiger partial charge on any atom is -0.468 e. The Hall–Kier alpha value is -1.96. The average molecular weight is 351 g/mol. The molecule has 128 valence electrons. The van der Waals surface area contributed by atoms with E-state index in [9.17, 15) is 4.79 Å². The van der Waals surface area contributed by atoms with Gasteiger partial charge >= 0.3 is 5.97 Å². The summed E-state index contributed by atoms with van der Waals surface area (Å²) in [6.07, 6.45) is 0. The second-order valence-electron chi connectivity index (χ2n) is 5.65. The normalized spacial score (nSPS) is 16.2. The van der Waals surface area contributed by atoms with Crippen LogP contribution in [0.4, 0.5) is 0 Å². The largest absolute Gasteiger partial charge is 0.468 e. The zero-order chi connectivity index (χ0) is 16.9. The van der Waals surface area contributed by atoms with Gasteiger partial charge in [-0.25, -0.2) is 0 Å². The van der Waals surface area contributed by atoms with Crippen molar-refractivity contribution in [2.45, 2.75) is 6.54 Å². The molecule has 2 heterocycles. The van der Waals surface area contributed by atoms with Crippen LogP contribution in [-0.2, 0) is 16.1 Å². The second-order valence-corrected chi connectivity index (χ2v) is 6.08. The molecule has 8 heteroatoms. The Kier molecular flexibility index (Phi) is 5.44. The zero-order valence-electron chi connectivity index (χ0n) is 13.4. The lowest BCUT2D eigenvalue weighted by Crippen LogP contribution is -2.47. The van der Waals surface area contributed by atoms with E-state index in [0.29, 0.717) is 29.8 Å². The topological polar surface area (TPSA) is 71.7 Å². The Morgan fingerprint density at radius 3 is 2.54 bits per heavy atom. The first-order valence-corrected chi connectivity index (χ1v) is 8.12. The number of methoxy groups -OCH3 is 1. The third kappa shape index (κ3) is 4.31. The van der Waals surface area contributed by atoms with Crippen LogP contribution in [0.15, 0.2) is 28.8 Å². The minimum absolute atomic E-state index is 0.201. The number of ether oxygens (including phenoxy) is 1. The van der Waals surface area contributed by atoms with E-state index in [2.05, 4.69) is 19.9 Å². The fourth-order valence-electron chi connectivity index (χ4n) is 2.58. The van der Waals surface area contributed by atoms with Crippen molar-refractivity contribution in [2.75, 3.05) is 39.8 Å². The van der Waals surface area contributed by atoms with Crippen LogP contribution in [0.2, 0.25) is 5.02 Å². The molecule has 1 saturated heterocycles. The molecule has 1 aliphatic rings. The Morgan fingerprint density at radius 2 is 1.88 bits per heavy atom. The third-order valence-corrected chi connectivity index (χ3v) is 4.23. The van der Waals surface area contributed by atoms with E-state index in [-0.39, 0.29) is 5.97 Å². The molecule has 0 radical (unpaired) electrons. The van der Waals surface area contributed by atoms with Gasteiger partial charge in [0.2, 0.25) is 11.7 Å². The summed E-state index contributed by atoms with van der Waals surface area (Å²) in [7, 11) is 1.41. The van der Waals surface area contributed by atoms with Crippen molar-refractivity contribution >= 4 is 17.6 Å². The molecule has 1 fully saturated rings. The Morgan fingerprint density at radius 1 is 1.21 bits per heavy atom. The van der Waals surface area contributed by atoms with Crippen LogP contribution >= 0.6 is 11.6 Å². The van der Waals surface area contributed by atoms with Gasteiger partial charge in [0.25, 0.3) is 0 Å². The summed E-state index contributed by atoms with van der Waals surface area (Å²) in [4.78, 5) is 20.0. The number of esters is 1. The first-order valence-electron chi connectivity index (χ1n) is 7.74. The van der Waals surface area contributed by atoms with Gasteiger partial charge in [-0.1, -0.05) is 16.8 Å². The number of nitrogens with zero attached hydrogens (tertiary/aromatic N) is 4. The summed E-state index contributed by atoms with van der Waals surface area (Å²) >= 11 is 5.88. The van der Waals surface area contributed by atoms with Crippen LogP contribution < -0.4 is 0 Å². The number of aromatic nitrogens is 2. The smallest absolute Gasteiger partial charge is 0.319 e. The highest BCUT2D eigenvalue weighted by atomic mass is 35.5. The molecule has 3 rings (SSSR count). The number of hydrogen-bond acceptors (Lipinski definition) is 7. The van der Waals surface area contributed by atoms with Crippen molar-refractivity contribution < 1.29 is 14.1 Å². The van der Waals surface area contributed by atoms with Crippen molar-refractivity contribution in [3.63, 3.8) is 0 Å². The van der Waals surface area contributed by atoms with Gasteiger partial charge in [-0.2, -0.15) is 4.98 Å². The molecule has 1 aromatic carbocycles. The second kappa shape index (κ2) is 7.74. The first kappa shape index (κ1) is 16.9. The molecule has 0 bridgehead atoms. The number of piperazine rings is 1. The maximum Gasteiger partial charge on any atom is 0.319 e. The van der Waals surface area contributed by atoms with E-state index in [4.69, 9.17) is 20.9 Å². The molecule has 0 unspecified atom stereocenters. The van der Waals surface area contributed by atoms with Crippen LogP contribution in [0.5, 0.6) is 0 Å². The Bertz CT molecular complexity index is 681. The lowest BCUT2D eigenvalue weighted by atomic mass is 10.2. The predicted octanol–water partition coefficient (Wildman–Crippen LogP) is 1.68. The number of hydrogen-bond donors (Lipinski definition) is 0. The van der Waals surface area contributed by atoms with Crippen molar-refractivity contribution in [1.29, 1.82) is 0 Å². The molecule has 1 aliphatic heterocycles. The summed E-state index contributed by atoms with van der Waals surface area (Å²) in [5.74, 6) is 0.945. The summed E-state index contributed by atoms with van der Waals surface area (Å²) in [6.45, 7) is 4.25. The molecular weight excluding hydrogens is 332 g/mol. The van der Waals surface area contributed by atoms with Crippen molar-refractivity contribution in [1.82, 2.24) is 19.9 Å². The highest BCUT2D eigenvalue weighted by Gasteiger charge is 2.21. The summed E-state index contributed by atoms with van der Waals surface area (Å²) < 4.78 is 10.0. The van der Waals surface area contributed by atoms with Gasteiger partial charge in [-0.05, 0) is 24.3 Å². The zero-order valence-corrected chi connectivity index (χ0v) is 14.2. The van der Waals surface area contributed by atoms with Crippen LogP contribution in [0.25, 0.3) is 11.4 Å². The Balaban J connectivity index is 1.53. The minimum atomic E-state index is -0.201. The Labute approximate surface area is 145 Å². The van der Waals surface area contributed by atoms with Gasteiger partial charge < -0.3 is 9.26 Å². The van der Waals surface area contributed by atoms with Crippen LogP contribution in [0.1, 0.15) is 5.89 Å². The number of halogens is 1. The highest BCUT2D eigenvalue weighted by molar-refractivity contribution is 6.30. The molecule has 0 N–H and O–H groups in total. The highest BCUT2D eigenvalue weighted by Crippen LogP contribution is 2.19. The maximum atomic E-state index is 11.3. The molecule has 0 spiro atoms. The molecular formula is C16H19ClN4O3. The van der Waals surface area contributed by atoms with Gasteiger partial charge in [-0.3, -0.25) is 14.6 Å². The summed E-state index contributed by atoms with van der Waals surface area (Å²) in [5.41, 5.74) is 0.872. The standard InChI is InChI=1S/C16H19ClN4O3/c1-23-15(22)11-21-8-6-20(7-9-21)10-14-18-16(19-24-14)12-2-4-13(17)5-3-12/h2-5H,6-11H2,1H3. The van der Waals surface area contributed by atoms with E-state index >= 15 is 0 Å². The van der Waals surface area contributed by atoms with Crippen LogP contribution in [0.3, 0.4) is 0 Å². The molecule has 0 aliphatic carbocycles. The quantitative estimate of drug-likeness (QED) is 0.760. The SMILES string of the molecule is COC(=O)CN1CCN(Cc2nc(-c3ccc(Cl)cc3)no2)CC1. The van der Waals surface area contributed by atoms with Gasteiger partial charge in [0.1, 0.15) is 0 Å². The van der Waals surface area contributed by atoms with E-state index in [0.717, 1.165) is 31.7 Å². The summed E-state index contributed by atoms with van der Waals surface area (Å²) in [6, 6.07) is 7.33. The average Bonchev–Trinajstić information content (AvgIpc) is 3.05. The number of benzene rings is 1. The fraction of sp³-hybridized carbons (Fsp3) is 0.438. The lowest BCUT2D eigenvalue weighted by molar-refractivity contribution is -0.142. The molecule has 2 aromatic rings. The maximum absolute atomic E-state index is 11.3. The molecule has 7 nitrogen and oxygen atoms in total. The molecule has 1 aromatic heterocycles. The monoisotopic (exact) mass is 350 g/mol. The number of carbonyl (C=O) groups excluding carboxylic acids is 1. The molecule has 0 saturated carbocycles. The molecule has 0 atom stereocenters. The van der Waals surface area contributed by atoms with E-state index in [1.54, 1.807) is 12.1 Å². The number of carbonyl (C=O) groups is 1. The molecule has 0 amide bonds. The first-order chi connectivity index (χ1) is 11.6. The van der Waals surface area contributed by atoms with Gasteiger partial charge in [0.05, 0.1) is 20.2 Å².